The summed E-state index contributed by atoms with van der Waals surface area (Å²) in [5.41, 5.74) is 2.40. The lowest BCUT2D eigenvalue weighted by Crippen LogP contribution is -2.19. The number of furan rings is 1. The molecule has 1 aromatic carbocycles. The Morgan fingerprint density at radius 3 is 2.86 bits per heavy atom. The molecule has 3 nitrogen and oxygen atoms in total. The molecular weight excluding hydrogens is 262 g/mol. The van der Waals surface area contributed by atoms with Gasteiger partial charge in [-0.15, -0.1) is 0 Å². The fourth-order valence-corrected chi connectivity index (χ4v) is 2.14. The lowest BCUT2D eigenvalue weighted by atomic mass is 10.2. The summed E-state index contributed by atoms with van der Waals surface area (Å²) in [6.07, 6.45) is 2.75. The van der Waals surface area contributed by atoms with E-state index in [0.717, 1.165) is 36.6 Å². The van der Waals surface area contributed by atoms with Crippen molar-refractivity contribution in [2.75, 3.05) is 6.54 Å². The highest BCUT2D eigenvalue weighted by atomic mass is 16.5. The van der Waals surface area contributed by atoms with Gasteiger partial charge in [0, 0.05) is 5.56 Å². The van der Waals surface area contributed by atoms with Gasteiger partial charge in [-0.05, 0) is 42.6 Å². The van der Waals surface area contributed by atoms with Gasteiger partial charge in [0.05, 0.1) is 12.8 Å². The highest BCUT2D eigenvalue weighted by Gasteiger charge is 2.07. The van der Waals surface area contributed by atoms with Crippen molar-refractivity contribution < 1.29 is 9.15 Å². The van der Waals surface area contributed by atoms with Crippen LogP contribution in [0, 0.1) is 5.92 Å². The Morgan fingerprint density at radius 2 is 2.10 bits per heavy atom. The maximum absolute atomic E-state index is 5.87. The topological polar surface area (TPSA) is 34.4 Å². The molecule has 0 saturated carbocycles. The zero-order valence-electron chi connectivity index (χ0n) is 13.2. The van der Waals surface area contributed by atoms with Gasteiger partial charge in [0.25, 0.3) is 0 Å². The van der Waals surface area contributed by atoms with Gasteiger partial charge >= 0.3 is 0 Å². The summed E-state index contributed by atoms with van der Waals surface area (Å²) in [5.74, 6) is 2.51. The predicted octanol–water partition coefficient (Wildman–Crippen LogP) is 4.17. The average molecular weight is 287 g/mol. The number of rotatable bonds is 8. The largest absolute Gasteiger partial charge is 0.489 e. The molecule has 1 heterocycles. The van der Waals surface area contributed by atoms with Crippen molar-refractivity contribution in [3.63, 3.8) is 0 Å². The van der Waals surface area contributed by atoms with Gasteiger partial charge in [-0.25, -0.2) is 0 Å². The van der Waals surface area contributed by atoms with Crippen LogP contribution >= 0.6 is 0 Å². The van der Waals surface area contributed by atoms with Crippen LogP contribution in [0.5, 0.6) is 5.75 Å². The number of hydrogen-bond acceptors (Lipinski definition) is 3. The minimum Gasteiger partial charge on any atom is -0.489 e. The minimum atomic E-state index is 0.544. The van der Waals surface area contributed by atoms with E-state index < -0.39 is 0 Å². The molecule has 0 unspecified atom stereocenters. The van der Waals surface area contributed by atoms with E-state index in [1.807, 2.05) is 18.2 Å². The Labute approximate surface area is 127 Å². The molecule has 0 atom stereocenters. The van der Waals surface area contributed by atoms with Gasteiger partial charge in [0.2, 0.25) is 0 Å². The average Bonchev–Trinajstić information content (AvgIpc) is 2.92. The van der Waals surface area contributed by atoms with E-state index in [-0.39, 0.29) is 0 Å². The SMILES string of the molecule is CCc1cccc(OCc2ccoc2CNCC(C)C)c1. The molecule has 0 radical (unpaired) electrons. The first-order valence-electron chi connectivity index (χ1n) is 7.66. The Kier molecular flexibility index (Phi) is 5.88. The van der Waals surface area contributed by atoms with Crippen LogP contribution in [-0.2, 0) is 19.6 Å². The normalized spacial score (nSPS) is 11.0. The zero-order chi connectivity index (χ0) is 15.1. The number of aryl methyl sites for hydroxylation is 1. The maximum atomic E-state index is 5.87. The fraction of sp³-hybridized carbons (Fsp3) is 0.444. The Balaban J connectivity index is 1.89. The first-order valence-corrected chi connectivity index (χ1v) is 7.66. The molecule has 0 aliphatic heterocycles. The third kappa shape index (κ3) is 4.94. The van der Waals surface area contributed by atoms with Crippen LogP contribution in [0.4, 0.5) is 0 Å². The molecule has 3 heteroatoms. The van der Waals surface area contributed by atoms with Crippen molar-refractivity contribution in [3.8, 4) is 5.75 Å². The van der Waals surface area contributed by atoms with Gasteiger partial charge in [0.1, 0.15) is 18.1 Å². The second-order valence-electron chi connectivity index (χ2n) is 5.68. The third-order valence-electron chi connectivity index (χ3n) is 3.38. The fourth-order valence-electron chi connectivity index (χ4n) is 2.14. The van der Waals surface area contributed by atoms with Crippen LogP contribution in [0.3, 0.4) is 0 Å². The zero-order valence-corrected chi connectivity index (χ0v) is 13.2. The quantitative estimate of drug-likeness (QED) is 0.791. The van der Waals surface area contributed by atoms with Crippen LogP contribution < -0.4 is 10.1 Å². The van der Waals surface area contributed by atoms with Crippen molar-refractivity contribution >= 4 is 0 Å². The Hall–Kier alpha value is -1.74. The van der Waals surface area contributed by atoms with Crippen molar-refractivity contribution in [1.29, 1.82) is 0 Å². The van der Waals surface area contributed by atoms with Crippen LogP contribution in [0.25, 0.3) is 0 Å². The van der Waals surface area contributed by atoms with Crippen molar-refractivity contribution in [3.05, 3.63) is 53.5 Å². The number of ether oxygens (including phenoxy) is 1. The van der Waals surface area contributed by atoms with E-state index in [0.29, 0.717) is 12.5 Å². The smallest absolute Gasteiger partial charge is 0.124 e. The summed E-state index contributed by atoms with van der Waals surface area (Å²) in [6, 6.07) is 10.2. The van der Waals surface area contributed by atoms with Crippen molar-refractivity contribution in [1.82, 2.24) is 5.32 Å². The van der Waals surface area contributed by atoms with E-state index in [1.165, 1.54) is 5.56 Å². The third-order valence-corrected chi connectivity index (χ3v) is 3.38. The molecule has 1 N–H and O–H groups in total. The van der Waals surface area contributed by atoms with Crippen LogP contribution in [0.15, 0.2) is 41.0 Å². The van der Waals surface area contributed by atoms with Crippen molar-refractivity contribution in [2.45, 2.75) is 40.3 Å². The standard InChI is InChI=1S/C18H25NO2/c1-4-15-6-5-7-17(10-15)21-13-16-8-9-20-18(16)12-19-11-14(2)3/h5-10,14,19H,4,11-13H2,1-3H3. The van der Waals surface area contributed by atoms with E-state index in [9.17, 15) is 0 Å². The summed E-state index contributed by atoms with van der Waals surface area (Å²) >= 11 is 0. The molecule has 0 spiro atoms. The van der Waals surface area contributed by atoms with Gasteiger partial charge in [0.15, 0.2) is 0 Å². The van der Waals surface area contributed by atoms with Crippen LogP contribution in [0.1, 0.15) is 37.7 Å². The van der Waals surface area contributed by atoms with Crippen LogP contribution in [-0.4, -0.2) is 6.54 Å². The highest BCUT2D eigenvalue weighted by molar-refractivity contribution is 5.29. The van der Waals surface area contributed by atoms with Gasteiger partial charge < -0.3 is 14.5 Å². The summed E-state index contributed by atoms with van der Waals surface area (Å²) in [4.78, 5) is 0. The predicted molar refractivity (Wildman–Crippen MR) is 85.4 cm³/mol. The first kappa shape index (κ1) is 15.6. The lowest BCUT2D eigenvalue weighted by molar-refractivity contribution is 0.301. The molecule has 0 aliphatic rings. The summed E-state index contributed by atoms with van der Waals surface area (Å²) < 4.78 is 11.4. The van der Waals surface area contributed by atoms with Gasteiger partial charge in [-0.1, -0.05) is 32.9 Å². The van der Waals surface area contributed by atoms with Crippen LogP contribution in [0.2, 0.25) is 0 Å². The number of benzene rings is 1. The molecule has 0 amide bonds. The van der Waals surface area contributed by atoms with Crippen molar-refractivity contribution in [2.24, 2.45) is 5.92 Å². The monoisotopic (exact) mass is 287 g/mol. The van der Waals surface area contributed by atoms with Gasteiger partial charge in [-0.3, -0.25) is 0 Å². The first-order chi connectivity index (χ1) is 10.2. The summed E-state index contributed by atoms with van der Waals surface area (Å²) in [7, 11) is 0. The second-order valence-corrected chi connectivity index (χ2v) is 5.68. The molecule has 21 heavy (non-hydrogen) atoms. The second kappa shape index (κ2) is 7.89. The molecule has 2 aromatic rings. The summed E-state index contributed by atoms with van der Waals surface area (Å²) in [5, 5.41) is 3.39. The maximum Gasteiger partial charge on any atom is 0.124 e. The van der Waals surface area contributed by atoms with E-state index in [1.54, 1.807) is 6.26 Å². The summed E-state index contributed by atoms with van der Waals surface area (Å²) in [6.45, 7) is 8.81. The molecule has 1 aromatic heterocycles. The number of nitrogens with one attached hydrogen (secondary N) is 1. The number of hydrogen-bond donors (Lipinski definition) is 1. The van der Waals surface area contributed by atoms with E-state index >= 15 is 0 Å². The Morgan fingerprint density at radius 1 is 1.24 bits per heavy atom. The molecule has 114 valence electrons. The molecule has 0 saturated heterocycles. The van der Waals surface area contributed by atoms with Gasteiger partial charge in [-0.2, -0.15) is 0 Å². The van der Waals surface area contributed by atoms with E-state index in [4.69, 9.17) is 9.15 Å². The van der Waals surface area contributed by atoms with E-state index in [2.05, 4.69) is 38.2 Å². The molecule has 2 rings (SSSR count). The minimum absolute atomic E-state index is 0.544. The molecule has 0 fully saturated rings. The highest BCUT2D eigenvalue weighted by Crippen LogP contribution is 2.18. The Bertz CT molecular complexity index is 546. The molecule has 0 aliphatic carbocycles. The lowest BCUT2D eigenvalue weighted by Gasteiger charge is -2.09. The molecule has 0 bridgehead atoms. The molecular formula is C18H25NO2.